The van der Waals surface area contributed by atoms with E-state index in [1.54, 1.807) is 12.1 Å². The maximum atomic E-state index is 10.6. The van der Waals surface area contributed by atoms with Gasteiger partial charge in [0.25, 0.3) is 0 Å². The third kappa shape index (κ3) is 4.11. The molecule has 1 N–H and O–H groups in total. The predicted octanol–water partition coefficient (Wildman–Crippen LogP) is 2.90. The number of carboxylic acids is 1. The molecule has 0 fully saturated rings. The number of rotatable bonds is 6. The van der Waals surface area contributed by atoms with Gasteiger partial charge in [-0.15, -0.1) is 0 Å². The molecule has 3 nitrogen and oxygen atoms in total. The standard InChI is InChI=1S/C12H17NO2/c1-2-3-4-5-6-11-8-7-10(9-13-11)12(14)15/h7-9H,2-6H2,1H3,(H,14,15). The third-order valence-corrected chi connectivity index (χ3v) is 2.36. The van der Waals surface area contributed by atoms with E-state index in [4.69, 9.17) is 5.11 Å². The Kier molecular flexibility index (Phi) is 4.81. The van der Waals surface area contributed by atoms with Crippen LogP contribution in [0.5, 0.6) is 0 Å². The molecule has 1 aromatic heterocycles. The quantitative estimate of drug-likeness (QED) is 0.730. The van der Waals surface area contributed by atoms with Crippen LogP contribution in [0.1, 0.15) is 48.7 Å². The van der Waals surface area contributed by atoms with Crippen molar-refractivity contribution in [3.63, 3.8) is 0 Å². The van der Waals surface area contributed by atoms with Crippen molar-refractivity contribution in [2.24, 2.45) is 0 Å². The van der Waals surface area contributed by atoms with Crippen molar-refractivity contribution in [2.45, 2.75) is 39.0 Å². The Bertz CT molecular complexity index is 306. The van der Waals surface area contributed by atoms with Gasteiger partial charge in [0.1, 0.15) is 0 Å². The first-order valence-corrected chi connectivity index (χ1v) is 5.42. The summed E-state index contributed by atoms with van der Waals surface area (Å²) in [4.78, 5) is 14.7. The number of nitrogens with zero attached hydrogens (tertiary/aromatic N) is 1. The lowest BCUT2D eigenvalue weighted by molar-refractivity contribution is 0.0696. The van der Waals surface area contributed by atoms with Crippen LogP contribution < -0.4 is 0 Å². The predicted molar refractivity (Wildman–Crippen MR) is 59.0 cm³/mol. The smallest absolute Gasteiger partial charge is 0.337 e. The lowest BCUT2D eigenvalue weighted by atomic mass is 10.1. The Morgan fingerprint density at radius 3 is 2.67 bits per heavy atom. The summed E-state index contributed by atoms with van der Waals surface area (Å²) in [5.41, 5.74) is 1.24. The highest BCUT2D eigenvalue weighted by atomic mass is 16.4. The van der Waals surface area contributed by atoms with Gasteiger partial charge in [0.05, 0.1) is 5.56 Å². The maximum absolute atomic E-state index is 10.6. The van der Waals surface area contributed by atoms with Crippen molar-refractivity contribution in [2.75, 3.05) is 0 Å². The monoisotopic (exact) mass is 207 g/mol. The van der Waals surface area contributed by atoms with Gasteiger partial charge >= 0.3 is 5.97 Å². The average molecular weight is 207 g/mol. The van der Waals surface area contributed by atoms with Gasteiger partial charge in [0.15, 0.2) is 0 Å². The van der Waals surface area contributed by atoms with Crippen LogP contribution in [-0.2, 0) is 6.42 Å². The zero-order valence-corrected chi connectivity index (χ0v) is 9.07. The van der Waals surface area contributed by atoms with Gasteiger partial charge in [-0.3, -0.25) is 4.98 Å². The van der Waals surface area contributed by atoms with Crippen LogP contribution in [0.25, 0.3) is 0 Å². The minimum absolute atomic E-state index is 0.257. The molecule has 3 heteroatoms. The second kappa shape index (κ2) is 6.17. The third-order valence-electron chi connectivity index (χ3n) is 2.36. The van der Waals surface area contributed by atoms with Crippen molar-refractivity contribution < 1.29 is 9.90 Å². The summed E-state index contributed by atoms with van der Waals surface area (Å²) in [6.45, 7) is 2.18. The summed E-state index contributed by atoms with van der Waals surface area (Å²) in [5, 5.41) is 8.68. The first-order valence-electron chi connectivity index (χ1n) is 5.42. The number of unbranched alkanes of at least 4 members (excludes halogenated alkanes) is 3. The molecule has 1 rings (SSSR count). The Labute approximate surface area is 90.2 Å². The van der Waals surface area contributed by atoms with E-state index in [-0.39, 0.29) is 5.56 Å². The highest BCUT2D eigenvalue weighted by Gasteiger charge is 2.02. The van der Waals surface area contributed by atoms with E-state index in [2.05, 4.69) is 11.9 Å². The SMILES string of the molecule is CCCCCCc1ccc(C(=O)O)cn1. The summed E-state index contributed by atoms with van der Waals surface area (Å²) in [6.07, 6.45) is 7.21. The molecule has 15 heavy (non-hydrogen) atoms. The number of hydrogen-bond acceptors (Lipinski definition) is 2. The number of hydrogen-bond donors (Lipinski definition) is 1. The molecule has 0 amide bonds. The topological polar surface area (TPSA) is 50.2 Å². The molecule has 82 valence electrons. The van der Waals surface area contributed by atoms with Crippen molar-refractivity contribution in [3.05, 3.63) is 29.6 Å². The Hall–Kier alpha value is -1.38. The number of aryl methyl sites for hydroxylation is 1. The molecule has 0 radical (unpaired) electrons. The minimum atomic E-state index is -0.917. The van der Waals surface area contributed by atoms with Crippen LogP contribution in [0.3, 0.4) is 0 Å². The van der Waals surface area contributed by atoms with Crippen molar-refractivity contribution in [1.82, 2.24) is 4.98 Å². The number of carbonyl (C=O) groups is 1. The molecule has 0 spiro atoms. The van der Waals surface area contributed by atoms with E-state index in [0.717, 1.165) is 18.5 Å². The first-order chi connectivity index (χ1) is 7.24. The fraction of sp³-hybridized carbons (Fsp3) is 0.500. The van der Waals surface area contributed by atoms with E-state index in [9.17, 15) is 4.79 Å². The van der Waals surface area contributed by atoms with E-state index in [1.165, 1.54) is 25.5 Å². The van der Waals surface area contributed by atoms with Gasteiger partial charge in [-0.25, -0.2) is 4.79 Å². The molecule has 0 saturated carbocycles. The summed E-state index contributed by atoms with van der Waals surface area (Å²) in [7, 11) is 0. The van der Waals surface area contributed by atoms with Gasteiger partial charge < -0.3 is 5.11 Å². The molecule has 0 aliphatic rings. The van der Waals surface area contributed by atoms with E-state index in [0.29, 0.717) is 0 Å². The fourth-order valence-electron chi connectivity index (χ4n) is 1.43. The molecular formula is C12H17NO2. The van der Waals surface area contributed by atoms with Gasteiger partial charge in [0.2, 0.25) is 0 Å². The van der Waals surface area contributed by atoms with Crippen LogP contribution in [0.15, 0.2) is 18.3 Å². The van der Waals surface area contributed by atoms with Gasteiger partial charge in [-0.05, 0) is 25.0 Å². The lowest BCUT2D eigenvalue weighted by Crippen LogP contribution is -1.98. The highest BCUT2D eigenvalue weighted by Crippen LogP contribution is 2.06. The van der Waals surface area contributed by atoms with Crippen LogP contribution >= 0.6 is 0 Å². The summed E-state index contributed by atoms with van der Waals surface area (Å²) in [5.74, 6) is -0.917. The number of aromatic nitrogens is 1. The summed E-state index contributed by atoms with van der Waals surface area (Å²) < 4.78 is 0. The summed E-state index contributed by atoms with van der Waals surface area (Å²) >= 11 is 0. The highest BCUT2D eigenvalue weighted by molar-refractivity contribution is 5.87. The average Bonchev–Trinajstić information content (AvgIpc) is 2.25. The van der Waals surface area contributed by atoms with Crippen LogP contribution in [0.2, 0.25) is 0 Å². The molecular weight excluding hydrogens is 190 g/mol. The molecule has 0 saturated heterocycles. The molecule has 0 aliphatic heterocycles. The zero-order valence-electron chi connectivity index (χ0n) is 9.07. The molecule has 0 aromatic carbocycles. The Balaban J connectivity index is 2.39. The van der Waals surface area contributed by atoms with Crippen LogP contribution in [-0.4, -0.2) is 16.1 Å². The molecule has 1 heterocycles. The maximum Gasteiger partial charge on any atom is 0.337 e. The minimum Gasteiger partial charge on any atom is -0.478 e. The Morgan fingerprint density at radius 2 is 2.13 bits per heavy atom. The lowest BCUT2D eigenvalue weighted by Gasteiger charge is -2.00. The van der Waals surface area contributed by atoms with Crippen molar-refractivity contribution in [3.8, 4) is 0 Å². The molecule has 0 aliphatic carbocycles. The van der Waals surface area contributed by atoms with Gasteiger partial charge in [0, 0.05) is 11.9 Å². The van der Waals surface area contributed by atoms with E-state index >= 15 is 0 Å². The fourth-order valence-corrected chi connectivity index (χ4v) is 1.43. The molecule has 1 aromatic rings. The largest absolute Gasteiger partial charge is 0.478 e. The molecule has 0 unspecified atom stereocenters. The van der Waals surface area contributed by atoms with Crippen molar-refractivity contribution >= 4 is 5.97 Å². The van der Waals surface area contributed by atoms with E-state index in [1.807, 2.05) is 0 Å². The molecule has 0 bridgehead atoms. The second-order valence-corrected chi connectivity index (χ2v) is 3.65. The normalized spacial score (nSPS) is 10.2. The second-order valence-electron chi connectivity index (χ2n) is 3.65. The number of aromatic carboxylic acids is 1. The first kappa shape index (κ1) is 11.7. The van der Waals surface area contributed by atoms with Crippen LogP contribution in [0, 0.1) is 0 Å². The van der Waals surface area contributed by atoms with E-state index < -0.39 is 5.97 Å². The van der Waals surface area contributed by atoms with Gasteiger partial charge in [-0.1, -0.05) is 26.2 Å². The molecule has 0 atom stereocenters. The van der Waals surface area contributed by atoms with Crippen molar-refractivity contribution in [1.29, 1.82) is 0 Å². The Morgan fingerprint density at radius 1 is 1.33 bits per heavy atom. The van der Waals surface area contributed by atoms with Crippen LogP contribution in [0.4, 0.5) is 0 Å². The zero-order chi connectivity index (χ0) is 11.1. The number of pyridine rings is 1. The number of carboxylic acid groups (broad SMARTS) is 1. The summed E-state index contributed by atoms with van der Waals surface area (Å²) in [6, 6.07) is 3.42. The van der Waals surface area contributed by atoms with Gasteiger partial charge in [-0.2, -0.15) is 0 Å².